The van der Waals surface area contributed by atoms with E-state index in [1.807, 2.05) is 11.8 Å². The van der Waals surface area contributed by atoms with E-state index in [1.165, 1.54) is 24.3 Å². The molecule has 4 rings (SSSR count). The van der Waals surface area contributed by atoms with Crippen molar-refractivity contribution < 1.29 is 13.6 Å². The predicted octanol–water partition coefficient (Wildman–Crippen LogP) is 4.40. The third-order valence-corrected chi connectivity index (χ3v) is 5.84. The van der Waals surface area contributed by atoms with E-state index in [-0.39, 0.29) is 29.4 Å². The molecule has 30 heavy (non-hydrogen) atoms. The highest BCUT2D eigenvalue weighted by atomic mass is 19.1. The molecule has 1 aliphatic rings. The molecule has 0 aliphatic heterocycles. The largest absolute Gasteiger partial charge is 0.334 e. The summed E-state index contributed by atoms with van der Waals surface area (Å²) >= 11 is 0. The minimum Gasteiger partial charge on any atom is -0.334 e. The molecule has 2 N–H and O–H groups in total. The number of nitrogens with zero attached hydrogens (tertiary/aromatic N) is 2. The van der Waals surface area contributed by atoms with Crippen LogP contribution in [0.2, 0.25) is 0 Å². The van der Waals surface area contributed by atoms with Crippen molar-refractivity contribution in [1.82, 2.24) is 20.2 Å². The van der Waals surface area contributed by atoms with Crippen molar-refractivity contribution in [2.75, 3.05) is 6.54 Å². The van der Waals surface area contributed by atoms with Crippen molar-refractivity contribution in [3.8, 4) is 0 Å². The minimum atomic E-state index is -0.361. The number of H-pyrrole nitrogens is 1. The molecule has 2 aromatic carbocycles. The Kier molecular flexibility index (Phi) is 6.08. The van der Waals surface area contributed by atoms with Gasteiger partial charge in [0.25, 0.3) is 5.91 Å². The summed E-state index contributed by atoms with van der Waals surface area (Å²) in [5.74, 6) is -0.501. The number of imidazole rings is 1. The molecule has 3 aromatic rings. The number of hydrogen-bond acceptors (Lipinski definition) is 3. The molecule has 1 fully saturated rings. The van der Waals surface area contributed by atoms with Crippen LogP contribution in [0.1, 0.15) is 48.8 Å². The van der Waals surface area contributed by atoms with E-state index in [0.717, 1.165) is 31.2 Å². The molecule has 0 saturated heterocycles. The Labute approximate surface area is 174 Å². The highest BCUT2D eigenvalue weighted by Crippen LogP contribution is 2.25. The molecule has 1 saturated carbocycles. The van der Waals surface area contributed by atoms with Crippen molar-refractivity contribution in [2.45, 2.75) is 51.2 Å². The molecule has 0 radical (unpaired) electrons. The van der Waals surface area contributed by atoms with Crippen molar-refractivity contribution in [3.63, 3.8) is 0 Å². The molecule has 0 spiro atoms. The van der Waals surface area contributed by atoms with Gasteiger partial charge in [0, 0.05) is 25.2 Å². The van der Waals surface area contributed by atoms with E-state index >= 15 is 0 Å². The van der Waals surface area contributed by atoms with Crippen LogP contribution in [0.5, 0.6) is 0 Å². The Morgan fingerprint density at radius 3 is 2.70 bits per heavy atom. The van der Waals surface area contributed by atoms with Crippen LogP contribution < -0.4 is 5.32 Å². The van der Waals surface area contributed by atoms with Crippen LogP contribution in [0.3, 0.4) is 0 Å². The van der Waals surface area contributed by atoms with Crippen LogP contribution in [0.15, 0.2) is 42.5 Å². The quantitative estimate of drug-likeness (QED) is 0.631. The third-order valence-electron chi connectivity index (χ3n) is 5.84. The number of amides is 1. The molecule has 1 aromatic heterocycles. The van der Waals surface area contributed by atoms with Crippen LogP contribution in [0.25, 0.3) is 11.0 Å². The SMILES string of the molecule is CCN(C(=O)c1nc2ccc(F)cc2[nH]1)[C@H]1CCCC(NCc2ccc(F)cc2)C1. The molecule has 1 amide bonds. The van der Waals surface area contributed by atoms with E-state index < -0.39 is 0 Å². The Morgan fingerprint density at radius 1 is 1.17 bits per heavy atom. The van der Waals surface area contributed by atoms with E-state index in [0.29, 0.717) is 30.2 Å². The fourth-order valence-electron chi connectivity index (χ4n) is 4.28. The first-order valence-electron chi connectivity index (χ1n) is 10.5. The fourth-order valence-corrected chi connectivity index (χ4v) is 4.28. The number of carbonyl (C=O) groups is 1. The molecule has 5 nitrogen and oxygen atoms in total. The van der Waals surface area contributed by atoms with Crippen LogP contribution >= 0.6 is 0 Å². The van der Waals surface area contributed by atoms with Crippen LogP contribution in [0.4, 0.5) is 8.78 Å². The number of hydrogen-bond donors (Lipinski definition) is 2. The second kappa shape index (κ2) is 8.92. The smallest absolute Gasteiger partial charge is 0.289 e. The van der Waals surface area contributed by atoms with Gasteiger partial charge in [0.15, 0.2) is 5.82 Å². The van der Waals surface area contributed by atoms with Crippen LogP contribution in [-0.2, 0) is 6.54 Å². The summed E-state index contributed by atoms with van der Waals surface area (Å²) < 4.78 is 26.5. The van der Waals surface area contributed by atoms with Gasteiger partial charge >= 0.3 is 0 Å². The van der Waals surface area contributed by atoms with Gasteiger partial charge in [0.05, 0.1) is 11.0 Å². The monoisotopic (exact) mass is 412 g/mol. The maximum atomic E-state index is 13.5. The zero-order chi connectivity index (χ0) is 21.1. The first-order valence-corrected chi connectivity index (χ1v) is 10.5. The van der Waals surface area contributed by atoms with Gasteiger partial charge in [-0.05, 0) is 68.5 Å². The van der Waals surface area contributed by atoms with Gasteiger partial charge in [-0.2, -0.15) is 0 Å². The van der Waals surface area contributed by atoms with Crippen molar-refractivity contribution >= 4 is 16.9 Å². The van der Waals surface area contributed by atoms with Crippen molar-refractivity contribution in [3.05, 3.63) is 65.5 Å². The average Bonchev–Trinajstić information content (AvgIpc) is 3.17. The summed E-state index contributed by atoms with van der Waals surface area (Å²) in [4.78, 5) is 22.3. The molecule has 1 aliphatic carbocycles. The molecule has 1 heterocycles. The minimum absolute atomic E-state index is 0.118. The zero-order valence-corrected chi connectivity index (χ0v) is 17.0. The maximum Gasteiger partial charge on any atom is 0.289 e. The number of aromatic amines is 1. The van der Waals surface area contributed by atoms with E-state index in [4.69, 9.17) is 0 Å². The number of aromatic nitrogens is 2. The van der Waals surface area contributed by atoms with E-state index in [1.54, 1.807) is 18.2 Å². The van der Waals surface area contributed by atoms with Gasteiger partial charge in [-0.1, -0.05) is 12.1 Å². The first-order chi connectivity index (χ1) is 14.5. The van der Waals surface area contributed by atoms with E-state index in [2.05, 4.69) is 15.3 Å². The highest BCUT2D eigenvalue weighted by molar-refractivity contribution is 5.94. The normalized spacial score (nSPS) is 19.2. The number of halogens is 2. The second-order valence-electron chi connectivity index (χ2n) is 7.86. The lowest BCUT2D eigenvalue weighted by Gasteiger charge is -2.37. The van der Waals surface area contributed by atoms with Crippen molar-refractivity contribution in [2.24, 2.45) is 0 Å². The summed E-state index contributed by atoms with van der Waals surface area (Å²) in [6.45, 7) is 3.22. The number of rotatable bonds is 6. The van der Waals surface area contributed by atoms with Crippen LogP contribution in [0, 0.1) is 11.6 Å². The Balaban J connectivity index is 1.42. The molecule has 0 bridgehead atoms. The average molecular weight is 412 g/mol. The molecule has 7 heteroatoms. The molecule has 158 valence electrons. The first kappa shape index (κ1) is 20.5. The van der Waals surface area contributed by atoms with Gasteiger partial charge < -0.3 is 15.2 Å². The van der Waals surface area contributed by atoms with Crippen molar-refractivity contribution in [1.29, 1.82) is 0 Å². The summed E-state index contributed by atoms with van der Waals surface area (Å²) in [5.41, 5.74) is 2.15. The third kappa shape index (κ3) is 4.51. The summed E-state index contributed by atoms with van der Waals surface area (Å²) in [7, 11) is 0. The maximum absolute atomic E-state index is 13.5. The Morgan fingerprint density at radius 2 is 1.93 bits per heavy atom. The lowest BCUT2D eigenvalue weighted by atomic mass is 9.89. The summed E-state index contributed by atoms with van der Waals surface area (Å²) in [6, 6.07) is 11.2. The molecular formula is C23H26F2N4O. The number of benzene rings is 2. The number of fused-ring (bicyclic) bond motifs is 1. The standard InChI is InChI=1S/C23H26F2N4O/c1-2-29(23(30)22-27-20-11-10-17(25)12-21(20)28-22)19-5-3-4-18(13-19)26-14-15-6-8-16(24)9-7-15/h6-12,18-19,26H,2-5,13-14H2,1H3,(H,27,28)/t18?,19-/m0/s1. The fraction of sp³-hybridized carbons (Fsp3) is 0.391. The second-order valence-corrected chi connectivity index (χ2v) is 7.86. The zero-order valence-electron chi connectivity index (χ0n) is 17.0. The van der Waals surface area contributed by atoms with Gasteiger partial charge in [0.1, 0.15) is 11.6 Å². The molecular weight excluding hydrogens is 386 g/mol. The van der Waals surface area contributed by atoms with Gasteiger partial charge in [-0.15, -0.1) is 0 Å². The summed E-state index contributed by atoms with van der Waals surface area (Å²) in [5, 5.41) is 3.55. The topological polar surface area (TPSA) is 61.0 Å². The highest BCUT2D eigenvalue weighted by Gasteiger charge is 2.30. The van der Waals surface area contributed by atoms with Gasteiger partial charge in [-0.3, -0.25) is 4.79 Å². The lowest BCUT2D eigenvalue weighted by molar-refractivity contribution is 0.0617. The lowest BCUT2D eigenvalue weighted by Crippen LogP contribution is -2.47. The Hall–Kier alpha value is -2.80. The van der Waals surface area contributed by atoms with Crippen LogP contribution in [-0.4, -0.2) is 39.4 Å². The summed E-state index contributed by atoms with van der Waals surface area (Å²) in [6.07, 6.45) is 3.88. The predicted molar refractivity (Wildman–Crippen MR) is 112 cm³/mol. The molecule has 2 atom stereocenters. The van der Waals surface area contributed by atoms with Gasteiger partial charge in [-0.25, -0.2) is 13.8 Å². The Bertz CT molecular complexity index is 1020. The molecule has 1 unspecified atom stereocenters. The van der Waals surface area contributed by atoms with Gasteiger partial charge in [0.2, 0.25) is 0 Å². The van der Waals surface area contributed by atoms with E-state index in [9.17, 15) is 13.6 Å². The number of carbonyl (C=O) groups excluding carboxylic acids is 1. The number of nitrogens with one attached hydrogen (secondary N) is 2.